The summed E-state index contributed by atoms with van der Waals surface area (Å²) in [5.41, 5.74) is 18.8. The van der Waals surface area contributed by atoms with E-state index in [0.717, 1.165) is 46.4 Å². The van der Waals surface area contributed by atoms with Crippen molar-refractivity contribution in [1.29, 1.82) is 0 Å². The summed E-state index contributed by atoms with van der Waals surface area (Å²) in [6.07, 6.45) is 2.40. The minimum Gasteiger partial charge on any atom is -0.477 e. The second kappa shape index (κ2) is 7.46. The number of benzene rings is 2. The largest absolute Gasteiger partial charge is 0.477 e. The highest BCUT2D eigenvalue weighted by atomic mass is 16.5. The summed E-state index contributed by atoms with van der Waals surface area (Å²) in [5, 5.41) is 1.19. The summed E-state index contributed by atoms with van der Waals surface area (Å²) >= 11 is 0. The zero-order valence-electron chi connectivity index (χ0n) is 17.1. The van der Waals surface area contributed by atoms with E-state index in [-0.39, 0.29) is 0 Å². The Hall–Kier alpha value is -3.38. The van der Waals surface area contributed by atoms with E-state index >= 15 is 0 Å². The fourth-order valence-corrected chi connectivity index (χ4v) is 4.35. The maximum absolute atomic E-state index is 6.21. The van der Waals surface area contributed by atoms with E-state index in [0.29, 0.717) is 37.1 Å². The molecule has 6 nitrogen and oxygen atoms in total. The van der Waals surface area contributed by atoms with Crippen molar-refractivity contribution in [2.75, 3.05) is 12.3 Å². The maximum Gasteiger partial charge on any atom is 0.222 e. The average Bonchev–Trinajstić information content (AvgIpc) is 3.10. The summed E-state index contributed by atoms with van der Waals surface area (Å²) in [5.74, 6) is 1.84. The fourth-order valence-electron chi connectivity index (χ4n) is 4.35. The third-order valence-corrected chi connectivity index (χ3v) is 5.78. The SMILES string of the molecule is Cc1cc2c(CN)cccc2n1-c1ccccc1Cc1nc(N)c2c(n1)OCCC2. The second-order valence-electron chi connectivity index (χ2n) is 7.74. The monoisotopic (exact) mass is 399 g/mol. The van der Waals surface area contributed by atoms with Crippen molar-refractivity contribution < 1.29 is 4.74 Å². The molecule has 2 aromatic carbocycles. The number of aryl methyl sites for hydroxylation is 1. The van der Waals surface area contributed by atoms with Crippen molar-refractivity contribution in [1.82, 2.24) is 14.5 Å². The van der Waals surface area contributed by atoms with Gasteiger partial charge in [-0.3, -0.25) is 0 Å². The number of hydrogen-bond acceptors (Lipinski definition) is 5. The molecule has 4 N–H and O–H groups in total. The summed E-state index contributed by atoms with van der Waals surface area (Å²) in [7, 11) is 0. The lowest BCUT2D eigenvalue weighted by Crippen LogP contribution is -2.15. The summed E-state index contributed by atoms with van der Waals surface area (Å²) in [6.45, 7) is 3.32. The lowest BCUT2D eigenvalue weighted by molar-refractivity contribution is 0.275. The first-order chi connectivity index (χ1) is 14.7. The zero-order valence-corrected chi connectivity index (χ0v) is 17.1. The van der Waals surface area contributed by atoms with Gasteiger partial charge in [-0.15, -0.1) is 0 Å². The van der Waals surface area contributed by atoms with Crippen LogP contribution in [0.4, 0.5) is 5.82 Å². The van der Waals surface area contributed by atoms with Crippen molar-refractivity contribution in [3.8, 4) is 11.6 Å². The Kier molecular flexibility index (Phi) is 4.64. The molecule has 0 amide bonds. The van der Waals surface area contributed by atoms with Gasteiger partial charge in [0.1, 0.15) is 11.6 Å². The molecule has 4 aromatic rings. The molecule has 2 aromatic heterocycles. The van der Waals surface area contributed by atoms with Gasteiger partial charge < -0.3 is 20.8 Å². The van der Waals surface area contributed by atoms with E-state index in [1.165, 1.54) is 5.39 Å². The highest BCUT2D eigenvalue weighted by molar-refractivity contribution is 5.86. The highest BCUT2D eigenvalue weighted by Crippen LogP contribution is 2.30. The molecule has 0 fully saturated rings. The van der Waals surface area contributed by atoms with Crippen molar-refractivity contribution in [2.24, 2.45) is 5.73 Å². The van der Waals surface area contributed by atoms with Crippen LogP contribution in [0.1, 0.15) is 34.6 Å². The average molecular weight is 399 g/mol. The summed E-state index contributed by atoms with van der Waals surface area (Å²) in [6, 6.07) is 16.8. The Balaban J connectivity index is 1.61. The maximum atomic E-state index is 6.21. The van der Waals surface area contributed by atoms with Crippen LogP contribution in [0.25, 0.3) is 16.6 Å². The molecule has 1 aliphatic heterocycles. The summed E-state index contributed by atoms with van der Waals surface area (Å²) in [4.78, 5) is 9.24. The third kappa shape index (κ3) is 3.09. The second-order valence-corrected chi connectivity index (χ2v) is 7.74. The number of fused-ring (bicyclic) bond motifs is 2. The molecule has 0 atom stereocenters. The lowest BCUT2D eigenvalue weighted by Gasteiger charge is -2.19. The van der Waals surface area contributed by atoms with Gasteiger partial charge in [-0.05, 0) is 49.1 Å². The standard InChI is InChI=1S/C24H25N5O/c1-15-12-19-17(14-25)7-4-10-21(19)29(15)20-9-3-2-6-16(20)13-22-27-23(26)18-8-5-11-30-24(18)28-22/h2-4,6-7,9-10,12H,5,8,11,13-14,25H2,1H3,(H2,26,27,28). The number of nitrogens with two attached hydrogens (primary N) is 2. The molecule has 0 saturated carbocycles. The van der Waals surface area contributed by atoms with Crippen molar-refractivity contribution in [3.63, 3.8) is 0 Å². The first-order valence-electron chi connectivity index (χ1n) is 10.3. The minimum absolute atomic E-state index is 0.519. The predicted octanol–water partition coefficient (Wildman–Crippen LogP) is 3.69. The van der Waals surface area contributed by atoms with Crippen LogP contribution in [-0.2, 0) is 19.4 Å². The Morgan fingerprint density at radius 1 is 1.07 bits per heavy atom. The predicted molar refractivity (Wildman–Crippen MR) is 119 cm³/mol. The van der Waals surface area contributed by atoms with Crippen molar-refractivity contribution in [2.45, 2.75) is 32.7 Å². The van der Waals surface area contributed by atoms with Crippen LogP contribution >= 0.6 is 0 Å². The summed E-state index contributed by atoms with van der Waals surface area (Å²) < 4.78 is 8.02. The van der Waals surface area contributed by atoms with Gasteiger partial charge in [-0.2, -0.15) is 4.98 Å². The number of hydrogen-bond donors (Lipinski definition) is 2. The Bertz CT molecular complexity index is 1240. The highest BCUT2D eigenvalue weighted by Gasteiger charge is 2.19. The minimum atomic E-state index is 0.519. The Labute approximate surface area is 175 Å². The lowest BCUT2D eigenvalue weighted by atomic mass is 10.1. The molecular weight excluding hydrogens is 374 g/mol. The van der Waals surface area contributed by atoms with E-state index in [1.54, 1.807) is 0 Å². The van der Waals surface area contributed by atoms with Crippen molar-refractivity contribution in [3.05, 3.63) is 76.7 Å². The van der Waals surface area contributed by atoms with E-state index in [4.69, 9.17) is 16.2 Å². The molecule has 0 aliphatic carbocycles. The number of nitrogen functional groups attached to an aromatic ring is 1. The van der Waals surface area contributed by atoms with Crippen molar-refractivity contribution >= 4 is 16.7 Å². The molecule has 3 heterocycles. The van der Waals surface area contributed by atoms with Gasteiger partial charge in [-0.25, -0.2) is 4.98 Å². The van der Waals surface area contributed by atoms with Gasteiger partial charge in [-0.1, -0.05) is 30.3 Å². The van der Waals surface area contributed by atoms with Gasteiger partial charge in [0.2, 0.25) is 5.88 Å². The van der Waals surface area contributed by atoms with Gasteiger partial charge in [0.05, 0.1) is 17.7 Å². The van der Waals surface area contributed by atoms with Gasteiger partial charge >= 0.3 is 0 Å². The molecule has 0 radical (unpaired) electrons. The smallest absolute Gasteiger partial charge is 0.222 e. The Morgan fingerprint density at radius 2 is 1.90 bits per heavy atom. The molecule has 0 unspecified atom stereocenters. The molecule has 0 spiro atoms. The molecule has 152 valence electrons. The van der Waals surface area contributed by atoms with E-state index in [1.807, 2.05) is 6.07 Å². The fraction of sp³-hybridized carbons (Fsp3) is 0.250. The van der Waals surface area contributed by atoms with Crippen LogP contribution < -0.4 is 16.2 Å². The molecule has 6 heteroatoms. The molecule has 1 aliphatic rings. The van der Waals surface area contributed by atoms with Gasteiger partial charge in [0, 0.05) is 29.7 Å². The first-order valence-corrected chi connectivity index (χ1v) is 10.3. The topological polar surface area (TPSA) is 92.0 Å². The molecule has 0 saturated heterocycles. The number of aromatic nitrogens is 3. The van der Waals surface area contributed by atoms with Crippen LogP contribution in [0.3, 0.4) is 0 Å². The van der Waals surface area contributed by atoms with Gasteiger partial charge in [0.15, 0.2) is 0 Å². The van der Waals surface area contributed by atoms with Crippen LogP contribution in [0.5, 0.6) is 5.88 Å². The van der Waals surface area contributed by atoms with E-state index in [2.05, 4.69) is 63.9 Å². The van der Waals surface area contributed by atoms with Crippen LogP contribution in [0.2, 0.25) is 0 Å². The van der Waals surface area contributed by atoms with Crippen LogP contribution in [0, 0.1) is 6.92 Å². The van der Waals surface area contributed by atoms with E-state index < -0.39 is 0 Å². The third-order valence-electron chi connectivity index (χ3n) is 5.78. The number of anilines is 1. The quantitative estimate of drug-likeness (QED) is 0.546. The molecule has 5 rings (SSSR count). The van der Waals surface area contributed by atoms with Gasteiger partial charge in [0.25, 0.3) is 0 Å². The number of rotatable bonds is 4. The molecule has 30 heavy (non-hydrogen) atoms. The van der Waals surface area contributed by atoms with Crippen LogP contribution in [0.15, 0.2) is 48.5 Å². The number of para-hydroxylation sites is 1. The number of ether oxygens (including phenoxy) is 1. The Morgan fingerprint density at radius 3 is 2.77 bits per heavy atom. The van der Waals surface area contributed by atoms with Crippen LogP contribution in [-0.4, -0.2) is 21.1 Å². The van der Waals surface area contributed by atoms with E-state index in [9.17, 15) is 0 Å². The number of nitrogens with zero attached hydrogens (tertiary/aromatic N) is 3. The molecule has 0 bridgehead atoms. The zero-order chi connectivity index (χ0) is 20.7. The molecular formula is C24H25N5O. The normalized spacial score (nSPS) is 13.3. The first kappa shape index (κ1) is 18.6.